The normalized spacial score (nSPS) is 18.7. The van der Waals surface area contributed by atoms with Crippen molar-refractivity contribution < 1.29 is 0 Å². The maximum absolute atomic E-state index is 5.90. The van der Waals surface area contributed by atoms with Gasteiger partial charge in [-0.3, -0.25) is 0 Å². The van der Waals surface area contributed by atoms with Crippen molar-refractivity contribution in [3.05, 3.63) is 21.9 Å². The third-order valence-corrected chi connectivity index (χ3v) is 5.77. The van der Waals surface area contributed by atoms with Crippen LogP contribution >= 0.6 is 11.3 Å². The summed E-state index contributed by atoms with van der Waals surface area (Å²) in [5, 5.41) is 5.86. The standard InChI is InChI=1S/C15H26N2S/c1-12-5-8-18-13(12)14(2,3)10-17-11-15(9-16)6-4-7-15/h5,8,17H,4,6-7,9-11,16H2,1-3H3. The fraction of sp³-hybridized carbons (Fsp3) is 0.733. The number of aryl methyl sites for hydroxylation is 1. The summed E-state index contributed by atoms with van der Waals surface area (Å²) in [6, 6.07) is 2.22. The van der Waals surface area contributed by atoms with Crippen LogP contribution in [0.5, 0.6) is 0 Å². The van der Waals surface area contributed by atoms with Crippen molar-refractivity contribution in [1.29, 1.82) is 0 Å². The first-order valence-corrected chi connectivity index (χ1v) is 7.82. The second kappa shape index (κ2) is 5.32. The van der Waals surface area contributed by atoms with Gasteiger partial charge in [0.2, 0.25) is 0 Å². The molecule has 0 radical (unpaired) electrons. The number of hydrogen-bond donors (Lipinski definition) is 2. The van der Waals surface area contributed by atoms with E-state index in [2.05, 4.69) is 37.5 Å². The Bertz CT molecular complexity index is 385. The Morgan fingerprint density at radius 1 is 1.44 bits per heavy atom. The molecule has 2 nitrogen and oxygen atoms in total. The van der Waals surface area contributed by atoms with Crippen molar-refractivity contribution in [3.63, 3.8) is 0 Å². The molecule has 0 atom stereocenters. The van der Waals surface area contributed by atoms with Crippen molar-refractivity contribution in [2.45, 2.75) is 45.4 Å². The third kappa shape index (κ3) is 2.79. The predicted octanol–water partition coefficient (Wildman–Crippen LogP) is 3.05. The summed E-state index contributed by atoms with van der Waals surface area (Å²) >= 11 is 1.88. The van der Waals surface area contributed by atoms with E-state index in [0.29, 0.717) is 5.41 Å². The number of nitrogens with one attached hydrogen (secondary N) is 1. The van der Waals surface area contributed by atoms with Crippen molar-refractivity contribution in [3.8, 4) is 0 Å². The minimum atomic E-state index is 0.220. The highest BCUT2D eigenvalue weighted by Crippen LogP contribution is 2.39. The van der Waals surface area contributed by atoms with E-state index >= 15 is 0 Å². The average molecular weight is 266 g/mol. The summed E-state index contributed by atoms with van der Waals surface area (Å²) in [5.74, 6) is 0. The fourth-order valence-electron chi connectivity index (χ4n) is 2.92. The van der Waals surface area contributed by atoms with Crippen LogP contribution < -0.4 is 11.1 Å². The molecule has 1 heterocycles. The maximum Gasteiger partial charge on any atom is 0.0143 e. The molecule has 0 bridgehead atoms. The third-order valence-electron chi connectivity index (χ3n) is 4.39. The van der Waals surface area contributed by atoms with E-state index < -0.39 is 0 Å². The Kier molecular flexibility index (Phi) is 4.15. The highest BCUT2D eigenvalue weighted by Gasteiger charge is 2.35. The monoisotopic (exact) mass is 266 g/mol. The second-order valence-electron chi connectivity index (χ2n) is 6.48. The van der Waals surface area contributed by atoms with Gasteiger partial charge < -0.3 is 11.1 Å². The number of nitrogens with two attached hydrogens (primary N) is 1. The SMILES string of the molecule is Cc1ccsc1C(C)(C)CNCC1(CN)CCC1. The Labute approximate surface area is 115 Å². The molecule has 0 spiro atoms. The first-order chi connectivity index (χ1) is 8.49. The summed E-state index contributed by atoms with van der Waals surface area (Å²) in [5.41, 5.74) is 7.94. The summed E-state index contributed by atoms with van der Waals surface area (Å²) < 4.78 is 0. The van der Waals surface area contributed by atoms with E-state index in [1.54, 1.807) is 0 Å². The van der Waals surface area contributed by atoms with Crippen LogP contribution in [-0.4, -0.2) is 19.6 Å². The molecule has 1 saturated carbocycles. The van der Waals surface area contributed by atoms with Gasteiger partial charge in [-0.15, -0.1) is 11.3 Å². The van der Waals surface area contributed by atoms with Crippen LogP contribution in [0.2, 0.25) is 0 Å². The van der Waals surface area contributed by atoms with Gasteiger partial charge in [0.25, 0.3) is 0 Å². The lowest BCUT2D eigenvalue weighted by Gasteiger charge is -2.42. The number of thiophene rings is 1. The summed E-state index contributed by atoms with van der Waals surface area (Å²) in [6.07, 6.45) is 3.95. The molecule has 3 N–H and O–H groups in total. The van der Waals surface area contributed by atoms with Gasteiger partial charge >= 0.3 is 0 Å². The Balaban J connectivity index is 1.88. The van der Waals surface area contributed by atoms with Crippen LogP contribution in [0.4, 0.5) is 0 Å². The van der Waals surface area contributed by atoms with Crippen molar-refractivity contribution in [2.24, 2.45) is 11.1 Å². The molecular weight excluding hydrogens is 240 g/mol. The van der Waals surface area contributed by atoms with Crippen molar-refractivity contribution in [2.75, 3.05) is 19.6 Å². The highest BCUT2D eigenvalue weighted by molar-refractivity contribution is 7.10. The molecule has 0 amide bonds. The first kappa shape index (κ1) is 14.0. The molecule has 0 aliphatic heterocycles. The molecule has 1 aliphatic rings. The first-order valence-electron chi connectivity index (χ1n) is 6.94. The Morgan fingerprint density at radius 3 is 2.61 bits per heavy atom. The van der Waals surface area contributed by atoms with Gasteiger partial charge in [-0.25, -0.2) is 0 Å². The zero-order valence-corrected chi connectivity index (χ0v) is 12.7. The van der Waals surface area contributed by atoms with E-state index in [1.165, 1.54) is 29.7 Å². The zero-order valence-electron chi connectivity index (χ0n) is 11.9. The van der Waals surface area contributed by atoms with Gasteiger partial charge in [0.1, 0.15) is 0 Å². The number of rotatable bonds is 6. The lowest BCUT2D eigenvalue weighted by molar-refractivity contribution is 0.139. The molecule has 0 aromatic carbocycles. The van der Waals surface area contributed by atoms with Gasteiger partial charge in [-0.2, -0.15) is 0 Å². The van der Waals surface area contributed by atoms with Crippen molar-refractivity contribution >= 4 is 11.3 Å². The van der Waals surface area contributed by atoms with Crippen LogP contribution in [0, 0.1) is 12.3 Å². The highest BCUT2D eigenvalue weighted by atomic mass is 32.1. The van der Waals surface area contributed by atoms with Gasteiger partial charge in [0.15, 0.2) is 0 Å². The van der Waals surface area contributed by atoms with Crippen LogP contribution in [0.1, 0.15) is 43.6 Å². The Morgan fingerprint density at radius 2 is 2.17 bits per heavy atom. The molecule has 1 aromatic rings. The zero-order chi connectivity index (χ0) is 13.2. The average Bonchev–Trinajstić information content (AvgIpc) is 2.69. The lowest BCUT2D eigenvalue weighted by atomic mass is 9.68. The molecule has 3 heteroatoms. The minimum absolute atomic E-state index is 0.220. The smallest absolute Gasteiger partial charge is 0.0143 e. The molecule has 1 aromatic heterocycles. The number of hydrogen-bond acceptors (Lipinski definition) is 3. The predicted molar refractivity (Wildman–Crippen MR) is 80.3 cm³/mol. The van der Waals surface area contributed by atoms with Crippen LogP contribution in [-0.2, 0) is 5.41 Å². The van der Waals surface area contributed by atoms with Crippen LogP contribution in [0.25, 0.3) is 0 Å². The molecule has 0 unspecified atom stereocenters. The van der Waals surface area contributed by atoms with Gasteiger partial charge in [-0.05, 0) is 48.7 Å². The van der Waals surface area contributed by atoms with E-state index in [0.717, 1.165) is 19.6 Å². The molecule has 1 aliphatic carbocycles. The lowest BCUT2D eigenvalue weighted by Crippen LogP contribution is -2.47. The topological polar surface area (TPSA) is 38.0 Å². The van der Waals surface area contributed by atoms with E-state index in [9.17, 15) is 0 Å². The maximum atomic E-state index is 5.90. The van der Waals surface area contributed by atoms with E-state index in [4.69, 9.17) is 5.73 Å². The van der Waals surface area contributed by atoms with Gasteiger partial charge in [0.05, 0.1) is 0 Å². The largest absolute Gasteiger partial charge is 0.330 e. The van der Waals surface area contributed by atoms with Crippen LogP contribution in [0.3, 0.4) is 0 Å². The van der Waals surface area contributed by atoms with Crippen LogP contribution in [0.15, 0.2) is 11.4 Å². The molecule has 0 saturated heterocycles. The minimum Gasteiger partial charge on any atom is -0.330 e. The molecule has 1 fully saturated rings. The van der Waals surface area contributed by atoms with E-state index in [-0.39, 0.29) is 5.41 Å². The molecule has 2 rings (SSSR count). The van der Waals surface area contributed by atoms with Gasteiger partial charge in [0, 0.05) is 23.4 Å². The summed E-state index contributed by atoms with van der Waals surface area (Å²) in [4.78, 5) is 1.51. The van der Waals surface area contributed by atoms with E-state index in [1.807, 2.05) is 11.3 Å². The summed E-state index contributed by atoms with van der Waals surface area (Å²) in [7, 11) is 0. The van der Waals surface area contributed by atoms with Crippen molar-refractivity contribution in [1.82, 2.24) is 5.32 Å². The molecule has 18 heavy (non-hydrogen) atoms. The molecular formula is C15H26N2S. The fourth-order valence-corrected chi connectivity index (χ4v) is 3.97. The molecule has 102 valence electrons. The Hall–Kier alpha value is -0.380. The summed E-state index contributed by atoms with van der Waals surface area (Å²) in [6.45, 7) is 9.82. The second-order valence-corrected chi connectivity index (χ2v) is 7.39. The van der Waals surface area contributed by atoms with Gasteiger partial charge in [-0.1, -0.05) is 20.3 Å². The quantitative estimate of drug-likeness (QED) is 0.830.